The number of rotatable bonds is 0. The molecule has 0 aromatic heterocycles. The quantitative estimate of drug-likeness (QED) is 0.691. The Morgan fingerprint density at radius 2 is 1.53 bits per heavy atom. The van der Waals surface area contributed by atoms with Crippen molar-refractivity contribution in [2.45, 2.75) is 19.9 Å². The molecule has 0 saturated carbocycles. The Morgan fingerprint density at radius 3 is 2.13 bits per heavy atom. The van der Waals surface area contributed by atoms with Gasteiger partial charge in [0.2, 0.25) is 0 Å². The van der Waals surface area contributed by atoms with Gasteiger partial charge in [-0.3, -0.25) is 0 Å². The fraction of sp³-hybridized carbons (Fsp3) is 0.231. The van der Waals surface area contributed by atoms with Crippen molar-refractivity contribution < 1.29 is 5.11 Å². The van der Waals surface area contributed by atoms with Gasteiger partial charge in [0.1, 0.15) is 5.75 Å². The van der Waals surface area contributed by atoms with E-state index in [-0.39, 0.29) is 0 Å². The molecule has 0 aliphatic rings. The molecule has 0 radical (unpaired) electrons. The van der Waals surface area contributed by atoms with E-state index in [2.05, 4.69) is 0 Å². The van der Waals surface area contributed by atoms with Crippen LogP contribution in [-0.2, 0) is 0 Å². The predicted octanol–water partition coefficient (Wildman–Crippen LogP) is 2.90. The lowest BCUT2D eigenvalue weighted by Gasteiger charge is -1.97. The molecule has 0 aliphatic carbocycles. The van der Waals surface area contributed by atoms with Crippen LogP contribution >= 0.6 is 0 Å². The van der Waals surface area contributed by atoms with Gasteiger partial charge >= 0.3 is 0 Å². The highest BCUT2D eigenvalue weighted by Crippen LogP contribution is 2.22. The van der Waals surface area contributed by atoms with Gasteiger partial charge in [-0.25, -0.2) is 0 Å². The summed E-state index contributed by atoms with van der Waals surface area (Å²) in [5, 5.41) is 11.4. The minimum absolute atomic E-state index is 0.333. The molecule has 80 valence electrons. The molecule has 0 heterocycles. The number of hydrogen-bond acceptors (Lipinski definition) is 2. The first-order valence-electron chi connectivity index (χ1n) is 5.03. The van der Waals surface area contributed by atoms with E-state index < -0.39 is 0 Å². The highest BCUT2D eigenvalue weighted by atomic mass is 16.3. The zero-order valence-corrected chi connectivity index (χ0v) is 9.14. The van der Waals surface area contributed by atoms with Crippen molar-refractivity contribution in [3.63, 3.8) is 0 Å². The topological polar surface area (TPSA) is 46.2 Å². The third kappa shape index (κ3) is 3.60. The predicted molar refractivity (Wildman–Crippen MR) is 64.9 cm³/mol. The van der Waals surface area contributed by atoms with Gasteiger partial charge in [-0.05, 0) is 17.5 Å². The summed E-state index contributed by atoms with van der Waals surface area (Å²) in [5.41, 5.74) is 5.11. The Kier molecular flexibility index (Phi) is 4.13. The van der Waals surface area contributed by atoms with Crippen LogP contribution in [0.4, 0.5) is 0 Å². The molecule has 0 unspecified atom stereocenters. The highest BCUT2D eigenvalue weighted by molar-refractivity contribution is 5.87. The number of hydrogen-bond donors (Lipinski definition) is 2. The number of phenols is 1. The van der Waals surface area contributed by atoms with Gasteiger partial charge in [-0.15, -0.1) is 0 Å². The van der Waals surface area contributed by atoms with Gasteiger partial charge in [-0.2, -0.15) is 0 Å². The summed E-state index contributed by atoms with van der Waals surface area (Å²) in [4.78, 5) is 0. The van der Waals surface area contributed by atoms with Crippen LogP contribution < -0.4 is 5.73 Å². The standard InChI is InChI=1S/C10H8O.C3H9N/c11-10-7-3-5-8-4-1-2-6-9(8)10;1-3(2)4/h1-7,11H;3H,4H2,1-2H3. The Balaban J connectivity index is 0.000000245. The molecule has 2 rings (SSSR count). The first-order valence-corrected chi connectivity index (χ1v) is 5.03. The van der Waals surface area contributed by atoms with E-state index in [0.717, 1.165) is 10.8 Å². The third-order valence-corrected chi connectivity index (χ3v) is 1.77. The summed E-state index contributed by atoms with van der Waals surface area (Å²) in [6.07, 6.45) is 0. The zero-order valence-electron chi connectivity index (χ0n) is 9.14. The summed E-state index contributed by atoms with van der Waals surface area (Å²) < 4.78 is 0. The molecular formula is C13H17NO. The molecule has 0 bridgehead atoms. The van der Waals surface area contributed by atoms with E-state index >= 15 is 0 Å². The van der Waals surface area contributed by atoms with Crippen molar-refractivity contribution in [2.24, 2.45) is 5.73 Å². The number of phenolic OH excluding ortho intramolecular Hbond substituents is 1. The van der Waals surface area contributed by atoms with Crippen LogP contribution in [0.3, 0.4) is 0 Å². The lowest BCUT2D eigenvalue weighted by atomic mass is 10.1. The van der Waals surface area contributed by atoms with Crippen molar-refractivity contribution in [1.82, 2.24) is 0 Å². The fourth-order valence-electron chi connectivity index (χ4n) is 1.21. The molecule has 0 amide bonds. The Labute approximate surface area is 90.3 Å². The number of fused-ring (bicyclic) bond motifs is 1. The second-order valence-electron chi connectivity index (χ2n) is 3.74. The largest absolute Gasteiger partial charge is 0.507 e. The summed E-state index contributed by atoms with van der Waals surface area (Å²) in [7, 11) is 0. The van der Waals surface area contributed by atoms with Gasteiger partial charge in [0.25, 0.3) is 0 Å². The summed E-state index contributed by atoms with van der Waals surface area (Å²) >= 11 is 0. The van der Waals surface area contributed by atoms with Crippen molar-refractivity contribution in [2.75, 3.05) is 0 Å². The van der Waals surface area contributed by atoms with Crippen LogP contribution in [0.15, 0.2) is 42.5 Å². The number of benzene rings is 2. The molecule has 2 heteroatoms. The average Bonchev–Trinajstić information content (AvgIpc) is 2.18. The molecule has 0 spiro atoms. The van der Waals surface area contributed by atoms with E-state index in [1.54, 1.807) is 6.07 Å². The van der Waals surface area contributed by atoms with Crippen LogP contribution in [0.1, 0.15) is 13.8 Å². The van der Waals surface area contributed by atoms with Crippen LogP contribution in [0.25, 0.3) is 10.8 Å². The maximum atomic E-state index is 9.37. The van der Waals surface area contributed by atoms with Gasteiger partial charge in [-0.1, -0.05) is 50.2 Å². The first-order chi connectivity index (χ1) is 7.11. The minimum Gasteiger partial charge on any atom is -0.507 e. The monoisotopic (exact) mass is 203 g/mol. The van der Waals surface area contributed by atoms with Gasteiger partial charge in [0.15, 0.2) is 0 Å². The van der Waals surface area contributed by atoms with Crippen molar-refractivity contribution in [3.05, 3.63) is 42.5 Å². The second-order valence-corrected chi connectivity index (χ2v) is 3.74. The molecule has 0 aliphatic heterocycles. The second kappa shape index (κ2) is 5.37. The summed E-state index contributed by atoms with van der Waals surface area (Å²) in [6, 6.07) is 13.6. The van der Waals surface area contributed by atoms with Crippen molar-refractivity contribution in [1.29, 1.82) is 0 Å². The Bertz CT molecular complexity index is 416. The molecule has 2 nitrogen and oxygen atoms in total. The molecule has 2 aromatic rings. The van der Waals surface area contributed by atoms with Crippen LogP contribution in [-0.4, -0.2) is 11.1 Å². The lowest BCUT2D eigenvalue weighted by Crippen LogP contribution is -2.06. The van der Waals surface area contributed by atoms with Crippen molar-refractivity contribution in [3.8, 4) is 5.75 Å². The van der Waals surface area contributed by atoms with Crippen LogP contribution in [0.2, 0.25) is 0 Å². The molecule has 0 fully saturated rings. The van der Waals surface area contributed by atoms with E-state index in [1.807, 2.05) is 50.2 Å². The normalized spacial score (nSPS) is 9.87. The highest BCUT2D eigenvalue weighted by Gasteiger charge is 1.94. The minimum atomic E-state index is 0.333. The molecule has 3 N–H and O–H groups in total. The van der Waals surface area contributed by atoms with E-state index in [4.69, 9.17) is 5.73 Å². The van der Waals surface area contributed by atoms with E-state index in [9.17, 15) is 5.11 Å². The zero-order chi connectivity index (χ0) is 11.3. The summed E-state index contributed by atoms with van der Waals surface area (Å²) in [5.74, 6) is 0.350. The maximum absolute atomic E-state index is 9.37. The van der Waals surface area contributed by atoms with Gasteiger partial charge in [0, 0.05) is 5.39 Å². The molecule has 0 saturated heterocycles. The van der Waals surface area contributed by atoms with Gasteiger partial charge < -0.3 is 10.8 Å². The molecular weight excluding hydrogens is 186 g/mol. The van der Waals surface area contributed by atoms with Gasteiger partial charge in [0.05, 0.1) is 0 Å². The SMILES string of the molecule is CC(C)N.Oc1cccc2ccccc12. The molecule has 2 aromatic carbocycles. The third-order valence-electron chi connectivity index (χ3n) is 1.77. The summed E-state index contributed by atoms with van der Waals surface area (Å²) in [6.45, 7) is 3.89. The number of aromatic hydroxyl groups is 1. The van der Waals surface area contributed by atoms with E-state index in [1.165, 1.54) is 0 Å². The smallest absolute Gasteiger partial charge is 0.123 e. The average molecular weight is 203 g/mol. The number of nitrogens with two attached hydrogens (primary N) is 1. The molecule has 15 heavy (non-hydrogen) atoms. The van der Waals surface area contributed by atoms with Crippen LogP contribution in [0, 0.1) is 0 Å². The first kappa shape index (κ1) is 11.5. The van der Waals surface area contributed by atoms with Crippen LogP contribution in [0.5, 0.6) is 5.75 Å². The maximum Gasteiger partial charge on any atom is 0.123 e. The Hall–Kier alpha value is -1.54. The lowest BCUT2D eigenvalue weighted by molar-refractivity contribution is 0.481. The van der Waals surface area contributed by atoms with Crippen molar-refractivity contribution >= 4 is 10.8 Å². The van der Waals surface area contributed by atoms with E-state index in [0.29, 0.717) is 11.8 Å². The fourth-order valence-corrected chi connectivity index (χ4v) is 1.21. The Morgan fingerprint density at radius 1 is 1.00 bits per heavy atom. The molecule has 0 atom stereocenters.